The molecule has 3 heteroatoms. The highest BCUT2D eigenvalue weighted by atomic mass is 32.2. The predicted molar refractivity (Wildman–Crippen MR) is 117 cm³/mol. The van der Waals surface area contributed by atoms with E-state index in [4.69, 9.17) is 10.5 Å². The van der Waals surface area contributed by atoms with Gasteiger partial charge in [-0.1, -0.05) is 48.5 Å². The van der Waals surface area contributed by atoms with E-state index >= 15 is 0 Å². The minimum atomic E-state index is 0.0277. The number of rotatable bonds is 3. The Morgan fingerprint density at radius 3 is 2.64 bits per heavy atom. The maximum atomic E-state index is 7.09. The van der Waals surface area contributed by atoms with Gasteiger partial charge in [-0.3, -0.25) is 0 Å². The van der Waals surface area contributed by atoms with E-state index < -0.39 is 0 Å². The molecule has 2 aromatic rings. The fraction of sp³-hybridized carbons (Fsp3) is 0.440. The third kappa shape index (κ3) is 2.26. The smallest absolute Gasteiger partial charge is 0.119 e. The number of benzene rings is 2. The van der Waals surface area contributed by atoms with Gasteiger partial charge in [-0.2, -0.15) is 0 Å². The molecule has 28 heavy (non-hydrogen) atoms. The van der Waals surface area contributed by atoms with Crippen molar-refractivity contribution in [2.75, 3.05) is 7.11 Å². The highest BCUT2D eigenvalue weighted by Crippen LogP contribution is 2.70. The summed E-state index contributed by atoms with van der Waals surface area (Å²) in [6.45, 7) is 4.82. The molecule has 0 aromatic heterocycles. The molecule has 3 aliphatic carbocycles. The highest BCUT2D eigenvalue weighted by molar-refractivity contribution is 8.03. The Morgan fingerprint density at radius 2 is 1.89 bits per heavy atom. The molecule has 5 rings (SSSR count). The minimum absolute atomic E-state index is 0.0277. The number of ether oxygens (including phenoxy) is 1. The highest BCUT2D eigenvalue weighted by Gasteiger charge is 2.65. The second-order valence-corrected chi connectivity index (χ2v) is 10.0. The molecule has 3 aliphatic rings. The quantitative estimate of drug-likeness (QED) is 0.728. The summed E-state index contributed by atoms with van der Waals surface area (Å²) in [7, 11) is 1.77. The molecular formula is C25H29NOS. The second kappa shape index (κ2) is 6.40. The zero-order chi connectivity index (χ0) is 19.5. The van der Waals surface area contributed by atoms with E-state index in [1.807, 2.05) is 11.8 Å². The van der Waals surface area contributed by atoms with Crippen molar-refractivity contribution in [2.45, 2.75) is 55.9 Å². The van der Waals surface area contributed by atoms with Crippen LogP contribution in [0.1, 0.15) is 44.2 Å². The molecule has 146 valence electrons. The van der Waals surface area contributed by atoms with Crippen molar-refractivity contribution in [3.05, 3.63) is 70.1 Å². The van der Waals surface area contributed by atoms with Crippen molar-refractivity contribution in [1.29, 1.82) is 0 Å². The number of methoxy groups -OCH3 is 1. The topological polar surface area (TPSA) is 35.2 Å². The molecule has 2 N–H and O–H groups in total. The molecule has 0 aliphatic heterocycles. The van der Waals surface area contributed by atoms with Crippen molar-refractivity contribution in [3.63, 3.8) is 0 Å². The molecule has 0 saturated heterocycles. The van der Waals surface area contributed by atoms with Crippen LogP contribution in [0.2, 0.25) is 0 Å². The van der Waals surface area contributed by atoms with E-state index in [1.165, 1.54) is 34.4 Å². The first kappa shape index (κ1) is 18.3. The molecule has 2 nitrogen and oxygen atoms in total. The third-order valence-corrected chi connectivity index (χ3v) is 9.32. The van der Waals surface area contributed by atoms with Gasteiger partial charge in [0.1, 0.15) is 5.75 Å². The summed E-state index contributed by atoms with van der Waals surface area (Å²) < 4.78 is 5.60. The Hall–Kier alpha value is -1.71. The third-order valence-electron chi connectivity index (χ3n) is 7.93. The summed E-state index contributed by atoms with van der Waals surface area (Å²) in [5.74, 6) is 1.48. The Labute approximate surface area is 172 Å². The van der Waals surface area contributed by atoms with Crippen molar-refractivity contribution in [2.24, 2.45) is 17.1 Å². The van der Waals surface area contributed by atoms with Gasteiger partial charge in [0.15, 0.2) is 0 Å². The maximum absolute atomic E-state index is 7.09. The van der Waals surface area contributed by atoms with Gasteiger partial charge in [-0.05, 0) is 78.8 Å². The van der Waals surface area contributed by atoms with E-state index in [2.05, 4.69) is 62.4 Å². The van der Waals surface area contributed by atoms with E-state index in [0.717, 1.165) is 18.6 Å². The standard InChI is InChI=1S/C25H29NOS/c1-16-20-12-13-24(2)21-15-18(27-3)10-9-17(21)11-14-25(24,22(20)26)23(16)28-19-7-5-4-6-8-19/h4-10,15,20,22H,11-14,26H2,1-3H3/t20-,22-,24+,25-/m1/s1. The SMILES string of the molecule is COc1ccc2c(c1)[C@]1(C)CC[C@@H]3C(C)=C(Sc4ccccc4)[C@@]1(CC2)[C@@H]3N. The second-order valence-electron chi connectivity index (χ2n) is 8.92. The van der Waals surface area contributed by atoms with E-state index in [0.29, 0.717) is 5.92 Å². The van der Waals surface area contributed by atoms with Gasteiger partial charge in [0.25, 0.3) is 0 Å². The summed E-state index contributed by atoms with van der Waals surface area (Å²) in [5, 5.41) is 0. The number of nitrogens with two attached hydrogens (primary N) is 1. The van der Waals surface area contributed by atoms with Crippen LogP contribution in [0.5, 0.6) is 5.75 Å². The lowest BCUT2D eigenvalue weighted by atomic mass is 9.48. The Morgan fingerprint density at radius 1 is 1.11 bits per heavy atom. The number of fused-ring (bicyclic) bond motifs is 3. The maximum Gasteiger partial charge on any atom is 0.119 e. The molecule has 2 bridgehead atoms. The molecule has 0 radical (unpaired) electrons. The van der Waals surface area contributed by atoms with Crippen LogP contribution in [0, 0.1) is 11.3 Å². The van der Waals surface area contributed by atoms with Crippen molar-refractivity contribution in [3.8, 4) is 5.75 Å². The number of hydrogen-bond donors (Lipinski definition) is 1. The van der Waals surface area contributed by atoms with Crippen LogP contribution in [0.15, 0.2) is 63.9 Å². The van der Waals surface area contributed by atoms with Crippen LogP contribution in [0.25, 0.3) is 0 Å². The molecule has 1 saturated carbocycles. The Balaban J connectivity index is 1.69. The van der Waals surface area contributed by atoms with Crippen molar-refractivity contribution < 1.29 is 4.74 Å². The zero-order valence-corrected chi connectivity index (χ0v) is 17.8. The monoisotopic (exact) mass is 391 g/mol. The van der Waals surface area contributed by atoms with Crippen molar-refractivity contribution in [1.82, 2.24) is 0 Å². The average molecular weight is 392 g/mol. The van der Waals surface area contributed by atoms with Gasteiger partial charge in [0.2, 0.25) is 0 Å². The summed E-state index contributed by atoms with van der Waals surface area (Å²) in [6.07, 6.45) is 4.62. The molecule has 1 fully saturated rings. The van der Waals surface area contributed by atoms with Gasteiger partial charge in [0, 0.05) is 21.8 Å². The van der Waals surface area contributed by atoms with Crippen LogP contribution in [-0.2, 0) is 11.8 Å². The van der Waals surface area contributed by atoms with Crippen LogP contribution in [-0.4, -0.2) is 13.2 Å². The van der Waals surface area contributed by atoms with E-state index in [9.17, 15) is 0 Å². The largest absolute Gasteiger partial charge is 0.497 e. The lowest BCUT2D eigenvalue weighted by molar-refractivity contribution is 0.0634. The van der Waals surface area contributed by atoms with E-state index in [1.54, 1.807) is 12.0 Å². The zero-order valence-electron chi connectivity index (χ0n) is 17.0. The number of hydrogen-bond acceptors (Lipinski definition) is 3. The molecule has 4 atom stereocenters. The molecule has 0 amide bonds. The summed E-state index contributed by atoms with van der Waals surface area (Å²) in [6, 6.07) is 17.7. The first-order chi connectivity index (χ1) is 13.5. The van der Waals surface area contributed by atoms with Crippen LogP contribution < -0.4 is 10.5 Å². The van der Waals surface area contributed by atoms with Crippen molar-refractivity contribution >= 4 is 11.8 Å². The lowest BCUT2D eigenvalue weighted by Gasteiger charge is -2.58. The van der Waals surface area contributed by atoms with Gasteiger partial charge in [-0.15, -0.1) is 0 Å². The average Bonchev–Trinajstić information content (AvgIpc) is 2.85. The van der Waals surface area contributed by atoms with Crippen LogP contribution >= 0.6 is 11.8 Å². The summed E-state index contributed by atoms with van der Waals surface area (Å²) >= 11 is 1.97. The van der Waals surface area contributed by atoms with Gasteiger partial charge >= 0.3 is 0 Å². The number of thioether (sulfide) groups is 1. The fourth-order valence-electron chi connectivity index (χ4n) is 6.42. The number of aryl methyl sites for hydroxylation is 1. The van der Waals surface area contributed by atoms with Gasteiger partial charge < -0.3 is 10.5 Å². The van der Waals surface area contributed by atoms with Crippen LogP contribution in [0.3, 0.4) is 0 Å². The Kier molecular flexibility index (Phi) is 4.19. The van der Waals surface area contributed by atoms with Crippen LogP contribution in [0.4, 0.5) is 0 Å². The van der Waals surface area contributed by atoms with Gasteiger partial charge in [0.05, 0.1) is 7.11 Å². The van der Waals surface area contributed by atoms with E-state index in [-0.39, 0.29) is 16.9 Å². The first-order valence-corrected chi connectivity index (χ1v) is 11.2. The fourth-order valence-corrected chi connectivity index (χ4v) is 7.91. The Bertz CT molecular complexity index is 952. The molecular weight excluding hydrogens is 362 g/mol. The minimum Gasteiger partial charge on any atom is -0.497 e. The molecule has 1 spiro atoms. The molecule has 0 heterocycles. The summed E-state index contributed by atoms with van der Waals surface area (Å²) in [5.41, 5.74) is 11.7. The summed E-state index contributed by atoms with van der Waals surface area (Å²) in [4.78, 5) is 2.87. The normalized spacial score (nSPS) is 33.4. The molecule has 2 aromatic carbocycles. The molecule has 0 unspecified atom stereocenters. The van der Waals surface area contributed by atoms with Gasteiger partial charge in [-0.25, -0.2) is 0 Å². The lowest BCUT2D eigenvalue weighted by Crippen LogP contribution is -2.60. The predicted octanol–water partition coefficient (Wildman–Crippen LogP) is 5.70. The first-order valence-electron chi connectivity index (χ1n) is 10.4.